The predicted molar refractivity (Wildman–Crippen MR) is 149 cm³/mol. The van der Waals surface area contributed by atoms with Crippen molar-refractivity contribution in [3.05, 3.63) is 106 Å². The first kappa shape index (κ1) is 26.6. The van der Waals surface area contributed by atoms with Gasteiger partial charge in [0.2, 0.25) is 0 Å². The molecule has 5 aromatic rings. The Morgan fingerprint density at radius 3 is 2.48 bits per heavy atom. The number of fused-ring (bicyclic) bond motifs is 1. The number of nitrogens with one attached hydrogen (secondary N) is 1. The lowest BCUT2D eigenvalue weighted by Crippen LogP contribution is -2.20. The second-order valence-electron chi connectivity index (χ2n) is 9.23. The third-order valence-electron chi connectivity index (χ3n) is 6.60. The largest absolute Gasteiger partial charge is 0.496 e. The van der Waals surface area contributed by atoms with Crippen LogP contribution in [0, 0.1) is 19.7 Å². The number of methoxy groups -OCH3 is 2. The second-order valence-corrected chi connectivity index (χ2v) is 9.23. The Morgan fingerprint density at radius 1 is 0.950 bits per heavy atom. The highest BCUT2D eigenvalue weighted by Crippen LogP contribution is 2.31. The number of hydrogen-bond acceptors (Lipinski definition) is 7. The molecule has 3 aromatic heterocycles. The van der Waals surface area contributed by atoms with Crippen LogP contribution < -0.4 is 19.6 Å². The van der Waals surface area contributed by atoms with Crippen LogP contribution in [0.1, 0.15) is 27.2 Å². The Morgan fingerprint density at radius 2 is 1.75 bits per heavy atom. The number of rotatable bonds is 8. The molecule has 3 heterocycles. The molecule has 0 amide bonds. The van der Waals surface area contributed by atoms with Crippen LogP contribution in [0.3, 0.4) is 0 Å². The zero-order valence-corrected chi connectivity index (χ0v) is 22.4. The third kappa shape index (κ3) is 5.13. The number of ether oxygens (including phenoxy) is 3. The van der Waals surface area contributed by atoms with Gasteiger partial charge in [-0.25, -0.2) is 9.37 Å². The Hall–Kier alpha value is -5.05. The number of carbonyl (C=O) groups is 1. The van der Waals surface area contributed by atoms with Crippen LogP contribution in [-0.4, -0.2) is 35.0 Å². The number of benzene rings is 2. The van der Waals surface area contributed by atoms with Gasteiger partial charge in [0.1, 0.15) is 17.0 Å². The molecule has 9 heteroatoms. The van der Waals surface area contributed by atoms with Crippen molar-refractivity contribution in [3.63, 3.8) is 0 Å². The SMILES string of the molecule is COc1cnc2c(Oc3ccc(CC(=O)c4c[nH]c(C)c(-c5ccc(OC)c(C)c5)c4=O)cc3F)ccnc2c1. The van der Waals surface area contributed by atoms with Crippen molar-refractivity contribution < 1.29 is 23.4 Å². The van der Waals surface area contributed by atoms with Crippen molar-refractivity contribution in [2.75, 3.05) is 14.2 Å². The maximum absolute atomic E-state index is 15.1. The summed E-state index contributed by atoms with van der Waals surface area (Å²) in [4.78, 5) is 38.1. The highest BCUT2D eigenvalue weighted by Gasteiger charge is 2.19. The van der Waals surface area contributed by atoms with E-state index >= 15 is 4.39 Å². The van der Waals surface area contributed by atoms with Gasteiger partial charge in [-0.3, -0.25) is 14.6 Å². The van der Waals surface area contributed by atoms with E-state index in [0.29, 0.717) is 50.7 Å². The van der Waals surface area contributed by atoms with E-state index in [1.54, 1.807) is 44.4 Å². The van der Waals surface area contributed by atoms with E-state index < -0.39 is 11.6 Å². The molecule has 40 heavy (non-hydrogen) atoms. The average molecular weight is 540 g/mol. The van der Waals surface area contributed by atoms with Gasteiger partial charge in [0.25, 0.3) is 0 Å². The van der Waals surface area contributed by atoms with Gasteiger partial charge in [-0.1, -0.05) is 12.1 Å². The molecule has 0 spiro atoms. The van der Waals surface area contributed by atoms with Crippen LogP contribution in [0.25, 0.3) is 22.2 Å². The average Bonchev–Trinajstić information content (AvgIpc) is 2.94. The minimum absolute atomic E-state index is 0.000404. The standard InChI is InChI=1S/C31H26FN3O5/c1-17-11-20(6-8-26(17)39-4)29-18(2)34-16-22(31(29)37)25(36)13-19-5-7-27(23(32)12-19)40-28-9-10-33-24-14-21(38-3)15-35-30(24)28/h5-12,14-16H,13H2,1-4H3,(H,34,37). The summed E-state index contributed by atoms with van der Waals surface area (Å²) in [7, 11) is 3.11. The number of hydrogen-bond donors (Lipinski definition) is 1. The van der Waals surface area contributed by atoms with E-state index in [9.17, 15) is 9.59 Å². The van der Waals surface area contributed by atoms with Crippen molar-refractivity contribution in [3.8, 4) is 34.1 Å². The minimum atomic E-state index is -0.656. The molecule has 0 atom stereocenters. The van der Waals surface area contributed by atoms with Gasteiger partial charge in [0, 0.05) is 42.2 Å². The van der Waals surface area contributed by atoms with Gasteiger partial charge in [-0.2, -0.15) is 0 Å². The molecule has 0 bridgehead atoms. The molecular weight excluding hydrogens is 513 g/mol. The summed E-state index contributed by atoms with van der Waals surface area (Å²) >= 11 is 0. The Kier molecular flexibility index (Phi) is 7.29. The first-order valence-corrected chi connectivity index (χ1v) is 12.4. The van der Waals surface area contributed by atoms with Crippen molar-refractivity contribution in [1.82, 2.24) is 15.0 Å². The third-order valence-corrected chi connectivity index (χ3v) is 6.60. The Bertz CT molecular complexity index is 1820. The van der Waals surface area contributed by atoms with Gasteiger partial charge in [0.15, 0.2) is 28.5 Å². The molecule has 0 saturated heterocycles. The van der Waals surface area contributed by atoms with Crippen molar-refractivity contribution >= 4 is 16.8 Å². The van der Waals surface area contributed by atoms with E-state index in [1.807, 2.05) is 13.0 Å². The quantitative estimate of drug-likeness (QED) is 0.242. The van der Waals surface area contributed by atoms with Gasteiger partial charge < -0.3 is 19.2 Å². The van der Waals surface area contributed by atoms with Crippen LogP contribution in [-0.2, 0) is 6.42 Å². The molecule has 5 rings (SSSR count). The number of pyridine rings is 3. The molecule has 0 aliphatic carbocycles. The fraction of sp³-hybridized carbons (Fsp3) is 0.161. The summed E-state index contributed by atoms with van der Waals surface area (Å²) in [6.45, 7) is 3.66. The van der Waals surface area contributed by atoms with Crippen molar-refractivity contribution in [2.45, 2.75) is 20.3 Å². The molecular formula is C31H26FN3O5. The lowest BCUT2D eigenvalue weighted by molar-refractivity contribution is 0.0991. The zero-order chi connectivity index (χ0) is 28.4. The zero-order valence-electron chi connectivity index (χ0n) is 22.4. The number of ketones is 1. The first-order chi connectivity index (χ1) is 19.3. The topological polar surface area (TPSA) is 103 Å². The fourth-order valence-corrected chi connectivity index (χ4v) is 4.53. The number of Topliss-reactive ketones (excluding diaryl/α,β-unsaturated/α-hetero) is 1. The maximum atomic E-state index is 15.1. The predicted octanol–water partition coefficient (Wildman–Crippen LogP) is 5.98. The molecule has 2 aromatic carbocycles. The number of halogens is 1. The number of H-pyrrole nitrogens is 1. The van der Waals surface area contributed by atoms with E-state index in [-0.39, 0.29) is 23.2 Å². The fourth-order valence-electron chi connectivity index (χ4n) is 4.53. The molecule has 0 unspecified atom stereocenters. The Labute approximate surface area is 229 Å². The molecule has 0 aliphatic rings. The summed E-state index contributed by atoms with van der Waals surface area (Å²) in [6, 6.07) is 13.0. The first-order valence-electron chi connectivity index (χ1n) is 12.4. The maximum Gasteiger partial charge on any atom is 0.200 e. The van der Waals surface area contributed by atoms with Crippen molar-refractivity contribution in [2.24, 2.45) is 0 Å². The minimum Gasteiger partial charge on any atom is -0.496 e. The normalized spacial score (nSPS) is 10.9. The summed E-state index contributed by atoms with van der Waals surface area (Å²) in [5, 5.41) is 0. The molecule has 0 aliphatic heterocycles. The molecule has 0 radical (unpaired) electrons. The van der Waals surface area contributed by atoms with Crippen LogP contribution in [0.2, 0.25) is 0 Å². The molecule has 8 nitrogen and oxygen atoms in total. The highest BCUT2D eigenvalue weighted by molar-refractivity contribution is 5.98. The van der Waals surface area contributed by atoms with Gasteiger partial charge in [-0.05, 0) is 54.8 Å². The van der Waals surface area contributed by atoms with E-state index in [4.69, 9.17) is 14.2 Å². The highest BCUT2D eigenvalue weighted by atomic mass is 19.1. The van der Waals surface area contributed by atoms with Crippen molar-refractivity contribution in [1.29, 1.82) is 0 Å². The van der Waals surface area contributed by atoms with E-state index in [0.717, 1.165) is 5.56 Å². The molecule has 202 valence electrons. The number of carbonyl (C=O) groups excluding carboxylic acids is 1. The van der Waals surface area contributed by atoms with Crippen LogP contribution in [0.5, 0.6) is 23.0 Å². The lowest BCUT2D eigenvalue weighted by atomic mass is 9.97. The monoisotopic (exact) mass is 539 g/mol. The van der Waals surface area contributed by atoms with Crippen LogP contribution in [0.15, 0.2) is 71.9 Å². The Balaban J connectivity index is 1.39. The van der Waals surface area contributed by atoms with Crippen LogP contribution >= 0.6 is 0 Å². The van der Waals surface area contributed by atoms with Gasteiger partial charge in [0.05, 0.1) is 31.5 Å². The summed E-state index contributed by atoms with van der Waals surface area (Å²) in [6.07, 6.45) is 4.30. The van der Waals surface area contributed by atoms with Gasteiger partial charge in [-0.15, -0.1) is 0 Å². The smallest absolute Gasteiger partial charge is 0.200 e. The number of nitrogens with zero attached hydrogens (tertiary/aromatic N) is 2. The molecule has 0 fully saturated rings. The number of aromatic amines is 1. The lowest BCUT2D eigenvalue weighted by Gasteiger charge is -2.12. The summed E-state index contributed by atoms with van der Waals surface area (Å²) in [5.74, 6) is 0.439. The number of aryl methyl sites for hydroxylation is 2. The molecule has 1 N–H and O–H groups in total. The summed E-state index contributed by atoms with van der Waals surface area (Å²) < 4.78 is 31.3. The van der Waals surface area contributed by atoms with Gasteiger partial charge >= 0.3 is 0 Å². The molecule has 0 saturated carbocycles. The summed E-state index contributed by atoms with van der Waals surface area (Å²) in [5.41, 5.74) is 3.57. The van der Waals surface area contributed by atoms with E-state index in [2.05, 4.69) is 15.0 Å². The number of aromatic nitrogens is 3. The van der Waals surface area contributed by atoms with E-state index in [1.165, 1.54) is 37.8 Å². The van der Waals surface area contributed by atoms with Crippen LogP contribution in [0.4, 0.5) is 4.39 Å². The second kappa shape index (κ2) is 11.0.